The second-order valence-electron chi connectivity index (χ2n) is 6.63. The summed E-state index contributed by atoms with van der Waals surface area (Å²) in [6.07, 6.45) is 1.66. The first kappa shape index (κ1) is 20.1. The van der Waals surface area contributed by atoms with E-state index in [-0.39, 0.29) is 12.3 Å². The molecule has 1 amide bonds. The summed E-state index contributed by atoms with van der Waals surface area (Å²) < 4.78 is 10.5. The van der Waals surface area contributed by atoms with Crippen LogP contribution in [0.3, 0.4) is 0 Å². The minimum absolute atomic E-state index is 0.215. The molecule has 0 unspecified atom stereocenters. The molecule has 0 aliphatic carbocycles. The van der Waals surface area contributed by atoms with Crippen LogP contribution in [0.1, 0.15) is 32.8 Å². The summed E-state index contributed by atoms with van der Waals surface area (Å²) in [7, 11) is 1.33. The SMILES string of the molecule is COC(=O)c1ccccc1-c1ccc(/C=N/NC(=O)Cc2ccc(C)c(C)c2)o1. The summed E-state index contributed by atoms with van der Waals surface area (Å²) in [4.78, 5) is 24.0. The second kappa shape index (κ2) is 9.01. The summed E-state index contributed by atoms with van der Waals surface area (Å²) in [5, 5.41) is 3.95. The smallest absolute Gasteiger partial charge is 0.338 e. The van der Waals surface area contributed by atoms with E-state index in [4.69, 9.17) is 9.15 Å². The molecule has 3 rings (SSSR count). The predicted molar refractivity (Wildman–Crippen MR) is 111 cm³/mol. The first-order valence-corrected chi connectivity index (χ1v) is 9.13. The fourth-order valence-electron chi connectivity index (χ4n) is 2.86. The zero-order valence-corrected chi connectivity index (χ0v) is 16.6. The Kier molecular flexibility index (Phi) is 6.24. The molecule has 29 heavy (non-hydrogen) atoms. The Hall–Kier alpha value is -3.67. The van der Waals surface area contributed by atoms with E-state index < -0.39 is 5.97 Å². The topological polar surface area (TPSA) is 80.9 Å². The lowest BCUT2D eigenvalue weighted by Crippen LogP contribution is -2.19. The van der Waals surface area contributed by atoms with Gasteiger partial charge in [-0.2, -0.15) is 5.10 Å². The number of benzene rings is 2. The number of carbonyl (C=O) groups is 2. The number of methoxy groups -OCH3 is 1. The van der Waals surface area contributed by atoms with Crippen molar-refractivity contribution in [3.8, 4) is 11.3 Å². The molecule has 0 atom stereocenters. The molecule has 0 bridgehead atoms. The van der Waals surface area contributed by atoms with Gasteiger partial charge in [-0.05, 0) is 48.7 Å². The fourth-order valence-corrected chi connectivity index (χ4v) is 2.86. The van der Waals surface area contributed by atoms with E-state index in [0.717, 1.165) is 11.1 Å². The number of esters is 1. The van der Waals surface area contributed by atoms with Crippen molar-refractivity contribution in [2.24, 2.45) is 5.10 Å². The largest absolute Gasteiger partial charge is 0.465 e. The summed E-state index contributed by atoms with van der Waals surface area (Å²) in [6.45, 7) is 4.05. The molecule has 148 valence electrons. The van der Waals surface area contributed by atoms with Crippen LogP contribution in [-0.2, 0) is 16.0 Å². The average molecular weight is 390 g/mol. The molecule has 1 aromatic heterocycles. The van der Waals surface area contributed by atoms with E-state index in [2.05, 4.69) is 10.5 Å². The third-order valence-corrected chi connectivity index (χ3v) is 4.54. The zero-order chi connectivity index (χ0) is 20.8. The lowest BCUT2D eigenvalue weighted by Gasteiger charge is -2.05. The van der Waals surface area contributed by atoms with Crippen molar-refractivity contribution >= 4 is 18.1 Å². The van der Waals surface area contributed by atoms with Gasteiger partial charge >= 0.3 is 5.97 Å². The summed E-state index contributed by atoms with van der Waals surface area (Å²) in [6, 6.07) is 16.4. The highest BCUT2D eigenvalue weighted by molar-refractivity contribution is 5.96. The molecule has 0 radical (unpaired) electrons. The molecular formula is C23H22N2O4. The van der Waals surface area contributed by atoms with Gasteiger partial charge in [0.1, 0.15) is 11.5 Å². The zero-order valence-electron chi connectivity index (χ0n) is 16.6. The van der Waals surface area contributed by atoms with Crippen molar-refractivity contribution in [3.63, 3.8) is 0 Å². The van der Waals surface area contributed by atoms with Gasteiger partial charge in [0, 0.05) is 5.56 Å². The minimum atomic E-state index is -0.439. The first-order chi connectivity index (χ1) is 14.0. The molecular weight excluding hydrogens is 368 g/mol. The molecule has 0 saturated heterocycles. The predicted octanol–water partition coefficient (Wildman–Crippen LogP) is 4.04. The number of carbonyl (C=O) groups excluding carboxylic acids is 2. The third kappa shape index (κ3) is 4.99. The number of hydrogen-bond acceptors (Lipinski definition) is 5. The molecule has 0 saturated carbocycles. The Morgan fingerprint density at radius 3 is 2.62 bits per heavy atom. The maximum Gasteiger partial charge on any atom is 0.338 e. The lowest BCUT2D eigenvalue weighted by molar-refractivity contribution is -0.120. The molecule has 0 fully saturated rings. The maximum absolute atomic E-state index is 12.1. The van der Waals surface area contributed by atoms with Crippen molar-refractivity contribution in [2.45, 2.75) is 20.3 Å². The average Bonchev–Trinajstić information content (AvgIpc) is 3.19. The van der Waals surface area contributed by atoms with E-state index in [1.165, 1.54) is 18.9 Å². The van der Waals surface area contributed by atoms with Crippen LogP contribution in [0.2, 0.25) is 0 Å². The van der Waals surface area contributed by atoms with Gasteiger partial charge in [0.15, 0.2) is 0 Å². The summed E-state index contributed by atoms with van der Waals surface area (Å²) in [5.74, 6) is 0.304. The van der Waals surface area contributed by atoms with Crippen LogP contribution in [0.4, 0.5) is 0 Å². The van der Waals surface area contributed by atoms with Gasteiger partial charge < -0.3 is 9.15 Å². The molecule has 0 aliphatic rings. The van der Waals surface area contributed by atoms with E-state index in [1.807, 2.05) is 38.1 Å². The highest BCUT2D eigenvalue weighted by atomic mass is 16.5. The fraction of sp³-hybridized carbons (Fsp3) is 0.174. The van der Waals surface area contributed by atoms with Crippen molar-refractivity contribution < 1.29 is 18.7 Å². The molecule has 3 aromatic rings. The Morgan fingerprint density at radius 2 is 1.86 bits per heavy atom. The van der Waals surface area contributed by atoms with Crippen LogP contribution in [0.5, 0.6) is 0 Å². The number of nitrogens with zero attached hydrogens (tertiary/aromatic N) is 1. The van der Waals surface area contributed by atoms with E-state index in [9.17, 15) is 9.59 Å². The van der Waals surface area contributed by atoms with Crippen molar-refractivity contribution in [1.29, 1.82) is 0 Å². The number of aryl methyl sites for hydroxylation is 2. The number of nitrogens with one attached hydrogen (secondary N) is 1. The highest BCUT2D eigenvalue weighted by Gasteiger charge is 2.15. The Balaban J connectivity index is 1.64. The van der Waals surface area contributed by atoms with E-state index in [0.29, 0.717) is 22.6 Å². The Morgan fingerprint density at radius 1 is 1.07 bits per heavy atom. The molecule has 0 spiro atoms. The second-order valence-corrected chi connectivity index (χ2v) is 6.63. The van der Waals surface area contributed by atoms with Crippen molar-refractivity contribution in [2.75, 3.05) is 7.11 Å². The van der Waals surface area contributed by atoms with Crippen LogP contribution in [-0.4, -0.2) is 25.2 Å². The Labute approximate surface area is 169 Å². The highest BCUT2D eigenvalue weighted by Crippen LogP contribution is 2.26. The van der Waals surface area contributed by atoms with Crippen LogP contribution in [0, 0.1) is 13.8 Å². The number of ether oxygens (including phenoxy) is 1. The minimum Gasteiger partial charge on any atom is -0.465 e. The number of hydrazone groups is 1. The van der Waals surface area contributed by atoms with Crippen molar-refractivity contribution in [3.05, 3.63) is 82.6 Å². The molecule has 6 heteroatoms. The van der Waals surface area contributed by atoms with Crippen LogP contribution >= 0.6 is 0 Å². The van der Waals surface area contributed by atoms with Gasteiger partial charge in [-0.15, -0.1) is 0 Å². The molecule has 6 nitrogen and oxygen atoms in total. The van der Waals surface area contributed by atoms with Crippen LogP contribution in [0.15, 0.2) is 64.1 Å². The number of amides is 1. The normalized spacial score (nSPS) is 10.9. The van der Waals surface area contributed by atoms with Gasteiger partial charge in [0.25, 0.3) is 0 Å². The van der Waals surface area contributed by atoms with Gasteiger partial charge in [-0.25, -0.2) is 10.2 Å². The maximum atomic E-state index is 12.1. The van der Waals surface area contributed by atoms with Gasteiger partial charge in [0.2, 0.25) is 5.91 Å². The first-order valence-electron chi connectivity index (χ1n) is 9.13. The van der Waals surface area contributed by atoms with Gasteiger partial charge in [-0.1, -0.05) is 36.4 Å². The van der Waals surface area contributed by atoms with E-state index >= 15 is 0 Å². The quantitative estimate of drug-likeness (QED) is 0.391. The number of furan rings is 1. The number of rotatable bonds is 6. The molecule has 1 heterocycles. The monoisotopic (exact) mass is 390 g/mol. The summed E-state index contributed by atoms with van der Waals surface area (Å²) in [5.41, 5.74) is 6.80. The van der Waals surface area contributed by atoms with E-state index in [1.54, 1.807) is 30.3 Å². The standard InChI is InChI=1S/C23H22N2O4/c1-15-8-9-17(12-16(15)2)13-22(26)25-24-14-18-10-11-21(29-18)19-6-4-5-7-20(19)23(27)28-3/h4-12,14H,13H2,1-3H3,(H,25,26)/b24-14+. The molecule has 0 aliphatic heterocycles. The third-order valence-electron chi connectivity index (χ3n) is 4.54. The van der Waals surface area contributed by atoms with Gasteiger partial charge in [0.05, 0.1) is 25.3 Å². The van der Waals surface area contributed by atoms with Gasteiger partial charge in [-0.3, -0.25) is 4.79 Å². The molecule has 1 N–H and O–H groups in total. The summed E-state index contributed by atoms with van der Waals surface area (Å²) >= 11 is 0. The van der Waals surface area contributed by atoms with Crippen LogP contribution in [0.25, 0.3) is 11.3 Å². The molecule has 2 aromatic carbocycles. The van der Waals surface area contributed by atoms with Crippen molar-refractivity contribution in [1.82, 2.24) is 5.43 Å². The lowest BCUT2D eigenvalue weighted by atomic mass is 10.0. The Bertz CT molecular complexity index is 1070. The number of hydrogen-bond donors (Lipinski definition) is 1. The van der Waals surface area contributed by atoms with Crippen LogP contribution < -0.4 is 5.43 Å².